The van der Waals surface area contributed by atoms with Gasteiger partial charge in [-0.05, 0) is 24.1 Å². The molecule has 2 amide bonds. The molecule has 2 heterocycles. The van der Waals surface area contributed by atoms with Crippen LogP contribution >= 0.6 is 0 Å². The molecule has 1 aromatic heterocycles. The number of amides is 2. The molecule has 1 aliphatic heterocycles. The summed E-state index contributed by atoms with van der Waals surface area (Å²) in [5, 5.41) is 16.4. The largest absolute Gasteiger partial charge is 0.478 e. The average molecular weight is 287 g/mol. The normalized spacial score (nSPS) is 18.8. The van der Waals surface area contributed by atoms with Crippen LogP contribution in [0.2, 0.25) is 0 Å². The van der Waals surface area contributed by atoms with Crippen molar-refractivity contribution in [1.82, 2.24) is 15.1 Å². The molecule has 7 nitrogen and oxygen atoms in total. The Morgan fingerprint density at radius 2 is 2.19 bits per heavy atom. The smallest absolute Gasteiger partial charge is 0.337 e. The van der Waals surface area contributed by atoms with Crippen LogP contribution < -0.4 is 5.32 Å². The lowest BCUT2D eigenvalue weighted by Gasteiger charge is -2.21. The number of hydrogen-bond acceptors (Lipinski definition) is 4. The molecule has 1 atom stereocenters. The summed E-state index contributed by atoms with van der Waals surface area (Å²) in [6.45, 7) is 0. The molecule has 0 aliphatic carbocycles. The van der Waals surface area contributed by atoms with Gasteiger partial charge in [0, 0.05) is 25.1 Å². The van der Waals surface area contributed by atoms with E-state index in [2.05, 4.69) is 10.4 Å². The predicted molar refractivity (Wildman–Crippen MR) is 72.8 cm³/mol. The zero-order valence-corrected chi connectivity index (χ0v) is 11.3. The third-order valence-electron chi connectivity index (χ3n) is 3.62. The van der Waals surface area contributed by atoms with Gasteiger partial charge < -0.3 is 5.11 Å². The molecule has 1 fully saturated rings. The number of fused-ring (bicyclic) bond motifs is 1. The SMILES string of the molecule is Cn1cc2cc(C3CCC(=O)NC3=O)cc(C(=O)O)c2n1. The van der Waals surface area contributed by atoms with Crippen molar-refractivity contribution in [2.24, 2.45) is 7.05 Å². The highest BCUT2D eigenvalue weighted by molar-refractivity contribution is 6.04. The lowest BCUT2D eigenvalue weighted by atomic mass is 9.88. The van der Waals surface area contributed by atoms with Gasteiger partial charge in [-0.1, -0.05) is 0 Å². The van der Waals surface area contributed by atoms with Crippen LogP contribution in [0, 0.1) is 0 Å². The van der Waals surface area contributed by atoms with Gasteiger partial charge in [0.05, 0.1) is 11.5 Å². The monoisotopic (exact) mass is 287 g/mol. The number of hydrogen-bond donors (Lipinski definition) is 2. The number of imide groups is 1. The van der Waals surface area contributed by atoms with Gasteiger partial charge >= 0.3 is 5.97 Å². The summed E-state index contributed by atoms with van der Waals surface area (Å²) < 4.78 is 1.53. The summed E-state index contributed by atoms with van der Waals surface area (Å²) in [5.74, 6) is -2.28. The Bertz CT molecular complexity index is 778. The number of aromatic carboxylic acids is 1. The maximum absolute atomic E-state index is 11.9. The van der Waals surface area contributed by atoms with Gasteiger partial charge in [0.15, 0.2) is 0 Å². The number of carbonyl (C=O) groups excluding carboxylic acids is 2. The fourth-order valence-corrected chi connectivity index (χ4v) is 2.65. The molecule has 1 aliphatic rings. The number of piperidine rings is 1. The first-order valence-electron chi connectivity index (χ1n) is 6.50. The van der Waals surface area contributed by atoms with Crippen LogP contribution in [0.5, 0.6) is 0 Å². The van der Waals surface area contributed by atoms with Gasteiger partial charge in [0.2, 0.25) is 11.8 Å². The third-order valence-corrected chi connectivity index (χ3v) is 3.62. The summed E-state index contributed by atoms with van der Waals surface area (Å²) in [6, 6.07) is 3.23. The van der Waals surface area contributed by atoms with Crippen LogP contribution in [0.15, 0.2) is 18.3 Å². The first-order chi connectivity index (χ1) is 9.95. The molecule has 2 N–H and O–H groups in total. The van der Waals surface area contributed by atoms with Crippen molar-refractivity contribution in [1.29, 1.82) is 0 Å². The van der Waals surface area contributed by atoms with E-state index < -0.39 is 11.9 Å². The molecule has 108 valence electrons. The highest BCUT2D eigenvalue weighted by atomic mass is 16.4. The van der Waals surface area contributed by atoms with E-state index in [1.807, 2.05) is 0 Å². The molecule has 1 saturated heterocycles. The Kier molecular flexibility index (Phi) is 2.97. The van der Waals surface area contributed by atoms with Gasteiger partial charge in [-0.3, -0.25) is 19.6 Å². The zero-order valence-electron chi connectivity index (χ0n) is 11.3. The highest BCUT2D eigenvalue weighted by Crippen LogP contribution is 2.29. The minimum absolute atomic E-state index is 0.0628. The molecule has 0 bridgehead atoms. The van der Waals surface area contributed by atoms with Crippen molar-refractivity contribution in [2.45, 2.75) is 18.8 Å². The van der Waals surface area contributed by atoms with E-state index >= 15 is 0 Å². The van der Waals surface area contributed by atoms with Crippen molar-refractivity contribution in [3.05, 3.63) is 29.5 Å². The minimum Gasteiger partial charge on any atom is -0.478 e. The number of benzene rings is 1. The number of nitrogens with one attached hydrogen (secondary N) is 1. The molecule has 2 aromatic rings. The number of carboxylic acids is 1. The van der Waals surface area contributed by atoms with E-state index in [1.54, 1.807) is 19.3 Å². The molecule has 0 saturated carbocycles. The summed E-state index contributed by atoms with van der Waals surface area (Å²) in [6.07, 6.45) is 2.34. The van der Waals surface area contributed by atoms with Crippen molar-refractivity contribution in [2.75, 3.05) is 0 Å². The lowest BCUT2D eigenvalue weighted by Crippen LogP contribution is -2.39. The number of carboxylic acid groups (broad SMARTS) is 1. The summed E-state index contributed by atoms with van der Waals surface area (Å²) in [4.78, 5) is 34.5. The molecular weight excluding hydrogens is 274 g/mol. The second-order valence-electron chi connectivity index (χ2n) is 5.12. The molecule has 1 aromatic carbocycles. The molecular formula is C14H13N3O4. The Morgan fingerprint density at radius 1 is 1.43 bits per heavy atom. The highest BCUT2D eigenvalue weighted by Gasteiger charge is 2.29. The zero-order chi connectivity index (χ0) is 15.1. The molecule has 0 radical (unpaired) electrons. The molecule has 0 spiro atoms. The quantitative estimate of drug-likeness (QED) is 0.795. The van der Waals surface area contributed by atoms with E-state index in [-0.39, 0.29) is 23.8 Å². The molecule has 3 rings (SSSR count). The van der Waals surface area contributed by atoms with Gasteiger partial charge in [-0.15, -0.1) is 0 Å². The number of aryl methyl sites for hydroxylation is 1. The molecule has 7 heteroatoms. The number of nitrogens with zero attached hydrogens (tertiary/aromatic N) is 2. The van der Waals surface area contributed by atoms with Gasteiger partial charge in [0.25, 0.3) is 0 Å². The second kappa shape index (κ2) is 4.69. The topological polar surface area (TPSA) is 101 Å². The number of rotatable bonds is 2. The molecule has 21 heavy (non-hydrogen) atoms. The minimum atomic E-state index is -1.09. The van der Waals surface area contributed by atoms with E-state index in [1.165, 1.54) is 10.7 Å². The van der Waals surface area contributed by atoms with Gasteiger partial charge in [0.1, 0.15) is 5.52 Å². The predicted octanol–water partition coefficient (Wildman–Crippen LogP) is 0.792. The van der Waals surface area contributed by atoms with Crippen LogP contribution in [0.4, 0.5) is 0 Å². The Labute approximate surface area is 119 Å². The van der Waals surface area contributed by atoms with Crippen molar-refractivity contribution in [3.63, 3.8) is 0 Å². The number of carbonyl (C=O) groups is 3. The fraction of sp³-hybridized carbons (Fsp3) is 0.286. The van der Waals surface area contributed by atoms with Crippen LogP contribution in [-0.2, 0) is 16.6 Å². The van der Waals surface area contributed by atoms with E-state index in [0.717, 1.165) is 0 Å². The fourth-order valence-electron chi connectivity index (χ4n) is 2.65. The van der Waals surface area contributed by atoms with Crippen LogP contribution in [-0.4, -0.2) is 32.7 Å². The first-order valence-corrected chi connectivity index (χ1v) is 6.50. The third kappa shape index (κ3) is 2.26. The van der Waals surface area contributed by atoms with E-state index in [4.69, 9.17) is 0 Å². The Balaban J connectivity index is 2.13. The number of aromatic nitrogens is 2. The average Bonchev–Trinajstić information content (AvgIpc) is 2.77. The second-order valence-corrected chi connectivity index (χ2v) is 5.12. The van der Waals surface area contributed by atoms with Crippen LogP contribution in [0.3, 0.4) is 0 Å². The summed E-state index contributed by atoms with van der Waals surface area (Å²) in [7, 11) is 1.71. The Morgan fingerprint density at radius 3 is 2.86 bits per heavy atom. The molecule has 1 unspecified atom stereocenters. The van der Waals surface area contributed by atoms with Crippen molar-refractivity contribution < 1.29 is 19.5 Å². The lowest BCUT2D eigenvalue weighted by molar-refractivity contribution is -0.134. The Hall–Kier alpha value is -2.70. The maximum Gasteiger partial charge on any atom is 0.337 e. The van der Waals surface area contributed by atoms with E-state index in [9.17, 15) is 19.5 Å². The first kappa shape index (κ1) is 13.3. The van der Waals surface area contributed by atoms with Crippen LogP contribution in [0.1, 0.15) is 34.7 Å². The van der Waals surface area contributed by atoms with Crippen LogP contribution in [0.25, 0.3) is 10.9 Å². The summed E-state index contributed by atoms with van der Waals surface area (Å²) >= 11 is 0. The van der Waals surface area contributed by atoms with Crippen molar-refractivity contribution >= 4 is 28.7 Å². The van der Waals surface area contributed by atoms with Crippen molar-refractivity contribution in [3.8, 4) is 0 Å². The van der Waals surface area contributed by atoms with Gasteiger partial charge in [-0.2, -0.15) is 5.10 Å². The van der Waals surface area contributed by atoms with Gasteiger partial charge in [-0.25, -0.2) is 4.79 Å². The summed E-state index contributed by atoms with van der Waals surface area (Å²) in [5.41, 5.74) is 1.05. The maximum atomic E-state index is 11.9. The standard InChI is InChI=1S/C14H13N3O4/c1-17-6-8-4-7(5-10(14(20)21)12(8)16-17)9-2-3-11(18)15-13(9)19/h4-6,9H,2-3H2,1H3,(H,20,21)(H,15,18,19). The van der Waals surface area contributed by atoms with E-state index in [0.29, 0.717) is 22.9 Å².